The lowest BCUT2D eigenvalue weighted by molar-refractivity contribution is -0.138. The third-order valence-corrected chi connectivity index (χ3v) is 6.96. The molecule has 168 valence electrons. The van der Waals surface area contributed by atoms with E-state index in [0.29, 0.717) is 24.0 Å². The summed E-state index contributed by atoms with van der Waals surface area (Å²) in [7, 11) is 0. The Morgan fingerprint density at radius 3 is 2.66 bits per heavy atom. The van der Waals surface area contributed by atoms with Crippen molar-refractivity contribution in [2.75, 3.05) is 6.61 Å². The van der Waals surface area contributed by atoms with Crippen LogP contribution in [-0.4, -0.2) is 65.6 Å². The lowest BCUT2D eigenvalue weighted by Gasteiger charge is -2.36. The molecule has 1 spiro atoms. The van der Waals surface area contributed by atoms with Gasteiger partial charge in [0.1, 0.15) is 12.9 Å². The number of ether oxygens (including phenoxy) is 1. The lowest BCUT2D eigenvalue weighted by atomic mass is 9.70. The lowest BCUT2D eigenvalue weighted by Crippen LogP contribution is -2.42. The van der Waals surface area contributed by atoms with Gasteiger partial charge in [-0.3, -0.25) is 9.78 Å². The number of esters is 1. The Morgan fingerprint density at radius 2 is 2.03 bits per heavy atom. The third-order valence-electron chi connectivity index (χ3n) is 6.96. The number of nitrogens with zero attached hydrogens (tertiary/aromatic N) is 7. The number of aromatic nitrogens is 6. The Labute approximate surface area is 185 Å². The minimum Gasteiger partial charge on any atom is -0.456 e. The first-order valence-corrected chi connectivity index (χ1v) is 10.9. The van der Waals surface area contributed by atoms with E-state index in [4.69, 9.17) is 4.74 Å². The third kappa shape index (κ3) is 3.56. The average molecular weight is 438 g/mol. The maximum absolute atomic E-state index is 13.4. The van der Waals surface area contributed by atoms with Crippen LogP contribution in [0.4, 0.5) is 0 Å². The number of carbonyl (C=O) groups is 2. The summed E-state index contributed by atoms with van der Waals surface area (Å²) in [5.41, 5.74) is 1.81. The van der Waals surface area contributed by atoms with Gasteiger partial charge in [-0.2, -0.15) is 4.68 Å². The van der Waals surface area contributed by atoms with E-state index < -0.39 is 0 Å². The molecule has 11 nitrogen and oxygen atoms in total. The zero-order valence-electron chi connectivity index (χ0n) is 18.2. The van der Waals surface area contributed by atoms with Gasteiger partial charge in [-0.05, 0) is 56.4 Å². The second-order valence-electron chi connectivity index (χ2n) is 8.93. The Balaban J connectivity index is 1.17. The molecule has 0 radical (unpaired) electrons. The molecule has 1 saturated carbocycles. The maximum Gasteiger partial charge on any atom is 0.336 e. The molecule has 1 aliphatic carbocycles. The van der Waals surface area contributed by atoms with Crippen LogP contribution >= 0.6 is 0 Å². The summed E-state index contributed by atoms with van der Waals surface area (Å²) >= 11 is 0. The molecule has 1 N–H and O–H groups in total. The summed E-state index contributed by atoms with van der Waals surface area (Å²) in [6.07, 6.45) is 9.20. The summed E-state index contributed by atoms with van der Waals surface area (Å²) in [5, 5.41) is 14.5. The molecule has 0 bridgehead atoms. The first-order chi connectivity index (χ1) is 15.5. The minimum absolute atomic E-state index is 0.0837. The average Bonchev–Trinajstić information content (AvgIpc) is 3.50. The molecule has 2 aliphatic heterocycles. The molecule has 2 fully saturated rings. The fraction of sp³-hybridized carbons (Fsp3) is 0.571. The monoisotopic (exact) mass is 438 g/mol. The summed E-state index contributed by atoms with van der Waals surface area (Å²) < 4.78 is 6.60. The number of nitrogens with one attached hydrogen (secondary N) is 1. The van der Waals surface area contributed by atoms with Crippen molar-refractivity contribution in [1.82, 2.24) is 40.4 Å². The highest BCUT2D eigenvalue weighted by atomic mass is 16.5. The molecule has 11 heteroatoms. The van der Waals surface area contributed by atoms with Crippen LogP contribution in [0.5, 0.6) is 0 Å². The molecule has 0 unspecified atom stereocenters. The molecule has 1 amide bonds. The normalized spacial score (nSPS) is 28.1. The number of rotatable bonds is 5. The van der Waals surface area contributed by atoms with E-state index in [2.05, 4.69) is 37.7 Å². The zero-order chi connectivity index (χ0) is 22.3. The molecular weight excluding hydrogens is 412 g/mol. The topological polar surface area (TPSA) is 128 Å². The van der Waals surface area contributed by atoms with E-state index >= 15 is 0 Å². The van der Waals surface area contributed by atoms with Crippen LogP contribution in [0, 0.1) is 5.41 Å². The number of cyclic esters (lactones) is 1. The highest BCUT2D eigenvalue weighted by Gasteiger charge is 2.53. The van der Waals surface area contributed by atoms with Crippen molar-refractivity contribution in [2.45, 2.75) is 64.6 Å². The number of likely N-dealkylation sites (tertiary alicyclic amines) is 1. The maximum atomic E-state index is 13.4. The molecule has 2 aromatic rings. The van der Waals surface area contributed by atoms with Gasteiger partial charge in [0.15, 0.2) is 5.82 Å². The van der Waals surface area contributed by atoms with Crippen LogP contribution in [0.2, 0.25) is 0 Å². The fourth-order valence-corrected chi connectivity index (χ4v) is 5.17. The summed E-state index contributed by atoms with van der Waals surface area (Å²) in [6, 6.07) is 0.413. The second-order valence-corrected chi connectivity index (χ2v) is 8.93. The second kappa shape index (κ2) is 8.05. The van der Waals surface area contributed by atoms with Crippen molar-refractivity contribution < 1.29 is 14.3 Å². The predicted molar refractivity (Wildman–Crippen MR) is 111 cm³/mol. The van der Waals surface area contributed by atoms with Gasteiger partial charge >= 0.3 is 5.97 Å². The smallest absolute Gasteiger partial charge is 0.336 e. The molecule has 32 heavy (non-hydrogen) atoms. The summed E-state index contributed by atoms with van der Waals surface area (Å²) in [4.78, 5) is 35.8. The molecule has 3 aliphatic rings. The Kier molecular flexibility index (Phi) is 5.20. The quantitative estimate of drug-likeness (QED) is 0.678. The Morgan fingerprint density at radius 1 is 1.22 bits per heavy atom. The standard InChI is InChI=1S/C21H26N8O3/c1-13-7-21(20(31)29(13)17-11-32-19(30)14(17)2)5-3-15(4-6-21)22-8-16-9-24-18(10-23-16)28-12-25-26-27-28/h9-10,12-13,15,22H,3-8,11H2,1-2H3/t13-,15-,21-/m1/s1. The van der Waals surface area contributed by atoms with Gasteiger partial charge in [0.25, 0.3) is 0 Å². The largest absolute Gasteiger partial charge is 0.456 e. The Hall–Kier alpha value is -3.21. The number of hydrogen-bond donors (Lipinski definition) is 1. The molecule has 0 aromatic carbocycles. The molecule has 2 aromatic heterocycles. The number of tetrazole rings is 1. The molecule has 1 atom stereocenters. The van der Waals surface area contributed by atoms with Crippen LogP contribution in [0.1, 0.15) is 51.6 Å². The van der Waals surface area contributed by atoms with Gasteiger partial charge < -0.3 is 15.0 Å². The van der Waals surface area contributed by atoms with E-state index in [9.17, 15) is 9.59 Å². The van der Waals surface area contributed by atoms with Crippen molar-refractivity contribution >= 4 is 11.9 Å². The van der Waals surface area contributed by atoms with Gasteiger partial charge in [-0.25, -0.2) is 9.78 Å². The predicted octanol–water partition coefficient (Wildman–Crippen LogP) is 0.922. The zero-order valence-corrected chi connectivity index (χ0v) is 18.2. The van der Waals surface area contributed by atoms with Crippen molar-refractivity contribution in [3.05, 3.63) is 35.7 Å². The number of amides is 1. The fourth-order valence-electron chi connectivity index (χ4n) is 5.17. The van der Waals surface area contributed by atoms with E-state index in [1.54, 1.807) is 19.3 Å². The number of carbonyl (C=O) groups excluding carboxylic acids is 2. The highest BCUT2D eigenvalue weighted by molar-refractivity contribution is 5.94. The van der Waals surface area contributed by atoms with Gasteiger partial charge in [0.2, 0.25) is 5.91 Å². The van der Waals surface area contributed by atoms with Crippen molar-refractivity contribution in [3.63, 3.8) is 0 Å². The van der Waals surface area contributed by atoms with E-state index in [1.807, 2.05) is 4.90 Å². The molecule has 1 saturated heterocycles. The minimum atomic E-state index is -0.330. The number of hydrogen-bond acceptors (Lipinski definition) is 9. The van der Waals surface area contributed by atoms with Crippen LogP contribution in [0.3, 0.4) is 0 Å². The van der Waals surface area contributed by atoms with Gasteiger partial charge in [-0.15, -0.1) is 5.10 Å². The highest BCUT2D eigenvalue weighted by Crippen LogP contribution is 2.49. The SMILES string of the molecule is CC1=C(N2C(=O)[C@]3(CC[C@H](NCc4cnc(-n5cnnn5)cn4)CC3)C[C@H]2C)COC1=O. The van der Waals surface area contributed by atoms with Crippen LogP contribution in [0.25, 0.3) is 5.82 Å². The first kappa shape index (κ1) is 20.7. The van der Waals surface area contributed by atoms with Gasteiger partial charge in [0.05, 0.1) is 34.8 Å². The molecule has 5 rings (SSSR count). The summed E-state index contributed by atoms with van der Waals surface area (Å²) in [5.74, 6) is 0.402. The molecule has 4 heterocycles. The van der Waals surface area contributed by atoms with Gasteiger partial charge in [-0.1, -0.05) is 0 Å². The van der Waals surface area contributed by atoms with Crippen LogP contribution in [0.15, 0.2) is 30.0 Å². The van der Waals surface area contributed by atoms with E-state index in [-0.39, 0.29) is 29.9 Å². The Bertz CT molecular complexity index is 1040. The first-order valence-electron chi connectivity index (χ1n) is 10.9. The molecular formula is C21H26N8O3. The van der Waals surface area contributed by atoms with Crippen molar-refractivity contribution in [3.8, 4) is 5.82 Å². The van der Waals surface area contributed by atoms with E-state index in [0.717, 1.165) is 43.5 Å². The van der Waals surface area contributed by atoms with Crippen LogP contribution in [-0.2, 0) is 20.9 Å². The summed E-state index contributed by atoms with van der Waals surface area (Å²) in [6.45, 7) is 4.63. The van der Waals surface area contributed by atoms with Crippen LogP contribution < -0.4 is 5.32 Å². The van der Waals surface area contributed by atoms with Crippen molar-refractivity contribution in [2.24, 2.45) is 5.41 Å². The van der Waals surface area contributed by atoms with Gasteiger partial charge in [0, 0.05) is 18.6 Å². The van der Waals surface area contributed by atoms with E-state index in [1.165, 1.54) is 11.0 Å². The van der Waals surface area contributed by atoms with Crippen molar-refractivity contribution in [1.29, 1.82) is 0 Å².